The van der Waals surface area contributed by atoms with Gasteiger partial charge >= 0.3 is 0 Å². The molecule has 0 atom stereocenters. The molecule has 2 N–H and O–H groups in total. The Labute approximate surface area is 120 Å². The van der Waals surface area contributed by atoms with Crippen molar-refractivity contribution in [2.45, 2.75) is 27.3 Å². The zero-order chi connectivity index (χ0) is 14.5. The van der Waals surface area contributed by atoms with Gasteiger partial charge in [0.25, 0.3) is 0 Å². The Kier molecular flexibility index (Phi) is 4.79. The van der Waals surface area contributed by atoms with E-state index in [0.29, 0.717) is 12.5 Å². The van der Waals surface area contributed by atoms with Gasteiger partial charge in [-0.2, -0.15) is 5.10 Å². The molecule has 20 heavy (non-hydrogen) atoms. The van der Waals surface area contributed by atoms with E-state index in [9.17, 15) is 0 Å². The maximum Gasteiger partial charge on any atom is 0.128 e. The summed E-state index contributed by atoms with van der Waals surface area (Å²) in [6.45, 7) is 7.83. The van der Waals surface area contributed by atoms with Gasteiger partial charge in [0, 0.05) is 23.4 Å². The lowest BCUT2D eigenvalue weighted by atomic mass is 10.0. The Morgan fingerprint density at radius 3 is 2.75 bits per heavy atom. The van der Waals surface area contributed by atoms with Crippen molar-refractivity contribution in [3.8, 4) is 17.0 Å². The molecule has 0 radical (unpaired) electrons. The Morgan fingerprint density at radius 2 is 2.05 bits per heavy atom. The van der Waals surface area contributed by atoms with Crippen LogP contribution in [0.1, 0.15) is 25.1 Å². The maximum atomic E-state index is 5.92. The van der Waals surface area contributed by atoms with E-state index in [1.807, 2.05) is 32.2 Å². The number of ether oxygens (including phenoxy) is 1. The van der Waals surface area contributed by atoms with Gasteiger partial charge in [0.15, 0.2) is 0 Å². The van der Waals surface area contributed by atoms with Crippen molar-refractivity contribution in [1.82, 2.24) is 15.5 Å². The minimum atomic E-state index is 0.501. The van der Waals surface area contributed by atoms with Crippen LogP contribution in [0.4, 0.5) is 0 Å². The first-order valence-electron chi connectivity index (χ1n) is 7.04. The monoisotopic (exact) mass is 273 g/mol. The largest absolute Gasteiger partial charge is 0.493 e. The van der Waals surface area contributed by atoms with E-state index in [2.05, 4.69) is 35.4 Å². The molecule has 2 aromatic rings. The number of nitrogens with one attached hydrogen (secondary N) is 2. The van der Waals surface area contributed by atoms with Gasteiger partial charge < -0.3 is 10.1 Å². The topological polar surface area (TPSA) is 49.9 Å². The molecular formula is C16H23N3O. The molecule has 0 aliphatic rings. The van der Waals surface area contributed by atoms with Crippen LogP contribution in [-0.2, 0) is 6.54 Å². The number of aromatic amines is 1. The summed E-state index contributed by atoms with van der Waals surface area (Å²) in [5, 5.41) is 10.7. The van der Waals surface area contributed by atoms with E-state index in [-0.39, 0.29) is 0 Å². The molecule has 1 aromatic carbocycles. The standard InChI is InChI=1S/C16H23N3O/c1-11(2)10-20-15-8-6-5-7-13(15)16-14(9-17-4)12(3)18-19-16/h5-8,11,17H,9-10H2,1-4H3,(H,18,19). The number of H-pyrrole nitrogens is 1. The third-order valence-corrected chi connectivity index (χ3v) is 3.14. The highest BCUT2D eigenvalue weighted by atomic mass is 16.5. The number of aromatic nitrogens is 2. The average Bonchev–Trinajstić information content (AvgIpc) is 2.79. The van der Waals surface area contributed by atoms with Crippen molar-refractivity contribution in [3.05, 3.63) is 35.5 Å². The molecule has 1 heterocycles. The first-order chi connectivity index (χ1) is 9.63. The van der Waals surface area contributed by atoms with Gasteiger partial charge in [-0.15, -0.1) is 0 Å². The third-order valence-electron chi connectivity index (χ3n) is 3.14. The highest BCUT2D eigenvalue weighted by molar-refractivity contribution is 5.70. The van der Waals surface area contributed by atoms with Crippen LogP contribution in [-0.4, -0.2) is 23.9 Å². The Morgan fingerprint density at radius 1 is 1.30 bits per heavy atom. The van der Waals surface area contributed by atoms with E-state index in [0.717, 1.165) is 29.2 Å². The maximum absolute atomic E-state index is 5.92. The SMILES string of the molecule is CNCc1c(-c2ccccc2OCC(C)C)n[nH]c1C. The van der Waals surface area contributed by atoms with Crippen LogP contribution in [0.2, 0.25) is 0 Å². The molecule has 108 valence electrons. The summed E-state index contributed by atoms with van der Waals surface area (Å²) in [5.74, 6) is 1.39. The fraction of sp³-hybridized carbons (Fsp3) is 0.438. The second-order valence-electron chi connectivity index (χ2n) is 5.41. The number of hydrogen-bond donors (Lipinski definition) is 2. The number of hydrogen-bond acceptors (Lipinski definition) is 3. The van der Waals surface area contributed by atoms with Gasteiger partial charge in [0.1, 0.15) is 11.4 Å². The molecule has 0 fully saturated rings. The fourth-order valence-corrected chi connectivity index (χ4v) is 2.11. The minimum Gasteiger partial charge on any atom is -0.493 e. The van der Waals surface area contributed by atoms with Crippen LogP contribution in [0.5, 0.6) is 5.75 Å². The zero-order valence-electron chi connectivity index (χ0n) is 12.7. The fourth-order valence-electron chi connectivity index (χ4n) is 2.11. The molecule has 2 rings (SSSR count). The number of aryl methyl sites for hydroxylation is 1. The van der Waals surface area contributed by atoms with Crippen molar-refractivity contribution in [3.63, 3.8) is 0 Å². The number of nitrogens with zero attached hydrogens (tertiary/aromatic N) is 1. The Balaban J connectivity index is 2.37. The summed E-state index contributed by atoms with van der Waals surface area (Å²) in [6, 6.07) is 8.08. The summed E-state index contributed by atoms with van der Waals surface area (Å²) in [6.07, 6.45) is 0. The van der Waals surface area contributed by atoms with Crippen LogP contribution < -0.4 is 10.1 Å². The molecule has 0 unspecified atom stereocenters. The molecule has 0 saturated heterocycles. The lowest BCUT2D eigenvalue weighted by Gasteiger charge is -2.13. The lowest BCUT2D eigenvalue weighted by Crippen LogP contribution is -2.08. The quantitative estimate of drug-likeness (QED) is 0.850. The first kappa shape index (κ1) is 14.6. The second kappa shape index (κ2) is 6.57. The van der Waals surface area contributed by atoms with Crippen molar-refractivity contribution >= 4 is 0 Å². The molecule has 0 saturated carbocycles. The normalized spacial score (nSPS) is 11.1. The van der Waals surface area contributed by atoms with E-state index in [1.54, 1.807) is 0 Å². The van der Waals surface area contributed by atoms with E-state index < -0.39 is 0 Å². The van der Waals surface area contributed by atoms with Crippen LogP contribution in [0.15, 0.2) is 24.3 Å². The Bertz CT molecular complexity index is 561. The minimum absolute atomic E-state index is 0.501. The van der Waals surface area contributed by atoms with Crippen LogP contribution in [0, 0.1) is 12.8 Å². The highest BCUT2D eigenvalue weighted by Crippen LogP contribution is 2.32. The van der Waals surface area contributed by atoms with E-state index in [1.165, 1.54) is 5.56 Å². The van der Waals surface area contributed by atoms with Crippen LogP contribution in [0.25, 0.3) is 11.3 Å². The predicted molar refractivity (Wildman–Crippen MR) is 81.9 cm³/mol. The van der Waals surface area contributed by atoms with Gasteiger partial charge in [-0.3, -0.25) is 5.10 Å². The molecule has 0 spiro atoms. The number of para-hydroxylation sites is 1. The van der Waals surface area contributed by atoms with Crippen LogP contribution in [0.3, 0.4) is 0 Å². The van der Waals surface area contributed by atoms with Crippen molar-refractivity contribution in [2.75, 3.05) is 13.7 Å². The molecule has 0 bridgehead atoms. The highest BCUT2D eigenvalue weighted by Gasteiger charge is 2.15. The van der Waals surface area contributed by atoms with Gasteiger partial charge in [-0.1, -0.05) is 26.0 Å². The molecule has 4 nitrogen and oxygen atoms in total. The summed E-state index contributed by atoms with van der Waals surface area (Å²) < 4.78 is 5.92. The van der Waals surface area contributed by atoms with Crippen molar-refractivity contribution in [1.29, 1.82) is 0 Å². The van der Waals surface area contributed by atoms with Gasteiger partial charge in [0.05, 0.1) is 6.61 Å². The number of rotatable bonds is 6. The van der Waals surface area contributed by atoms with Crippen LogP contribution >= 0.6 is 0 Å². The number of benzene rings is 1. The molecular weight excluding hydrogens is 250 g/mol. The van der Waals surface area contributed by atoms with Crippen molar-refractivity contribution in [2.24, 2.45) is 5.92 Å². The summed E-state index contributed by atoms with van der Waals surface area (Å²) in [7, 11) is 1.94. The van der Waals surface area contributed by atoms with E-state index in [4.69, 9.17) is 4.74 Å². The van der Waals surface area contributed by atoms with Crippen molar-refractivity contribution < 1.29 is 4.74 Å². The first-order valence-corrected chi connectivity index (χ1v) is 7.04. The molecule has 4 heteroatoms. The van der Waals surface area contributed by atoms with E-state index >= 15 is 0 Å². The smallest absolute Gasteiger partial charge is 0.128 e. The van der Waals surface area contributed by atoms with Gasteiger partial charge in [-0.05, 0) is 32.0 Å². The predicted octanol–water partition coefficient (Wildman–Crippen LogP) is 3.14. The average molecular weight is 273 g/mol. The Hall–Kier alpha value is -1.81. The molecule has 0 aliphatic carbocycles. The second-order valence-corrected chi connectivity index (χ2v) is 5.41. The molecule has 0 aliphatic heterocycles. The third kappa shape index (κ3) is 3.20. The lowest BCUT2D eigenvalue weighted by molar-refractivity contribution is 0.272. The molecule has 0 amide bonds. The zero-order valence-corrected chi connectivity index (χ0v) is 12.7. The summed E-state index contributed by atoms with van der Waals surface area (Å²) in [4.78, 5) is 0. The van der Waals surface area contributed by atoms with Gasteiger partial charge in [0.2, 0.25) is 0 Å². The molecule has 1 aromatic heterocycles. The summed E-state index contributed by atoms with van der Waals surface area (Å²) in [5.41, 5.74) is 4.29. The van der Waals surface area contributed by atoms with Gasteiger partial charge in [-0.25, -0.2) is 0 Å². The summed E-state index contributed by atoms with van der Waals surface area (Å²) >= 11 is 0.